The van der Waals surface area contributed by atoms with E-state index in [1.54, 1.807) is 19.1 Å². The first kappa shape index (κ1) is 15.5. The fourth-order valence-electron chi connectivity index (χ4n) is 2.11. The van der Waals surface area contributed by atoms with Gasteiger partial charge in [0.05, 0.1) is 18.3 Å². The lowest BCUT2D eigenvalue weighted by Gasteiger charge is -1.99. The van der Waals surface area contributed by atoms with Crippen LogP contribution in [0.5, 0.6) is 0 Å². The summed E-state index contributed by atoms with van der Waals surface area (Å²) in [7, 11) is 1.28. The number of carbonyl (C=O) groups is 2. The van der Waals surface area contributed by atoms with Crippen molar-refractivity contribution >= 4 is 50.9 Å². The number of anilines is 1. The second kappa shape index (κ2) is 6.02. The van der Waals surface area contributed by atoms with E-state index in [4.69, 9.17) is 16.0 Å². The van der Waals surface area contributed by atoms with Gasteiger partial charge in [0, 0.05) is 10.9 Å². The van der Waals surface area contributed by atoms with Crippen LogP contribution in [0.2, 0.25) is 5.02 Å². The number of furan rings is 1. The van der Waals surface area contributed by atoms with E-state index in [9.17, 15) is 9.59 Å². The van der Waals surface area contributed by atoms with Gasteiger partial charge in [-0.3, -0.25) is 10.1 Å². The average molecular weight is 351 g/mol. The zero-order chi connectivity index (χ0) is 16.6. The van der Waals surface area contributed by atoms with E-state index in [0.29, 0.717) is 21.0 Å². The third-order valence-corrected chi connectivity index (χ3v) is 4.43. The maximum absolute atomic E-state index is 12.4. The molecule has 2 aromatic heterocycles. The highest BCUT2D eigenvalue weighted by molar-refractivity contribution is 7.17. The summed E-state index contributed by atoms with van der Waals surface area (Å²) in [5, 5.41) is 4.09. The number of aryl methyl sites for hydroxylation is 1. The molecule has 0 aliphatic carbocycles. The molecule has 3 rings (SSSR count). The topological polar surface area (TPSA) is 81.4 Å². The Morgan fingerprint density at radius 2 is 2.17 bits per heavy atom. The summed E-state index contributed by atoms with van der Waals surface area (Å²) < 4.78 is 10.2. The zero-order valence-electron chi connectivity index (χ0n) is 12.2. The molecule has 23 heavy (non-hydrogen) atoms. The molecule has 6 nitrogen and oxygen atoms in total. The first-order valence-electron chi connectivity index (χ1n) is 6.54. The van der Waals surface area contributed by atoms with Crippen LogP contribution in [-0.4, -0.2) is 24.0 Å². The SMILES string of the molecule is COC(=O)c1cnc(NC(=O)c2oc3c(Cl)cccc3c2C)s1. The van der Waals surface area contributed by atoms with Gasteiger partial charge in [0.15, 0.2) is 16.5 Å². The Balaban J connectivity index is 1.89. The number of amides is 1. The van der Waals surface area contributed by atoms with Gasteiger partial charge in [0.2, 0.25) is 0 Å². The molecule has 118 valence electrons. The number of hydrogen-bond acceptors (Lipinski definition) is 6. The van der Waals surface area contributed by atoms with Crippen LogP contribution in [0.1, 0.15) is 25.8 Å². The van der Waals surface area contributed by atoms with Gasteiger partial charge in [-0.1, -0.05) is 35.1 Å². The van der Waals surface area contributed by atoms with Crippen LogP contribution in [0.3, 0.4) is 0 Å². The first-order valence-corrected chi connectivity index (χ1v) is 7.74. The van der Waals surface area contributed by atoms with Crippen molar-refractivity contribution in [3.63, 3.8) is 0 Å². The number of esters is 1. The number of thiazole rings is 1. The lowest BCUT2D eigenvalue weighted by molar-refractivity contribution is 0.0606. The highest BCUT2D eigenvalue weighted by atomic mass is 35.5. The van der Waals surface area contributed by atoms with Crippen molar-refractivity contribution in [3.8, 4) is 0 Å². The van der Waals surface area contributed by atoms with E-state index in [1.165, 1.54) is 13.3 Å². The van der Waals surface area contributed by atoms with Crippen LogP contribution in [-0.2, 0) is 4.74 Å². The molecule has 0 saturated carbocycles. The van der Waals surface area contributed by atoms with Crippen LogP contribution < -0.4 is 5.32 Å². The molecule has 8 heteroatoms. The van der Waals surface area contributed by atoms with E-state index >= 15 is 0 Å². The van der Waals surface area contributed by atoms with E-state index < -0.39 is 11.9 Å². The van der Waals surface area contributed by atoms with Crippen molar-refractivity contribution in [2.24, 2.45) is 0 Å². The number of aromatic nitrogens is 1. The lowest BCUT2D eigenvalue weighted by atomic mass is 10.1. The molecule has 1 N–H and O–H groups in total. The average Bonchev–Trinajstić information content (AvgIpc) is 3.13. The summed E-state index contributed by atoms with van der Waals surface area (Å²) in [4.78, 5) is 28.0. The molecule has 2 heterocycles. The second-order valence-corrected chi connectivity index (χ2v) is 6.09. The normalized spacial score (nSPS) is 10.7. The lowest BCUT2D eigenvalue weighted by Crippen LogP contribution is -2.11. The maximum Gasteiger partial charge on any atom is 0.349 e. The smallest absolute Gasteiger partial charge is 0.349 e. The van der Waals surface area contributed by atoms with Crippen molar-refractivity contribution in [2.45, 2.75) is 6.92 Å². The number of nitrogens with zero attached hydrogens (tertiary/aromatic N) is 1. The Bertz CT molecular complexity index is 915. The number of rotatable bonds is 3. The molecule has 0 unspecified atom stereocenters. The number of ether oxygens (including phenoxy) is 1. The second-order valence-electron chi connectivity index (χ2n) is 4.65. The number of benzene rings is 1. The van der Waals surface area contributed by atoms with E-state index in [2.05, 4.69) is 15.0 Å². The van der Waals surface area contributed by atoms with Gasteiger partial charge >= 0.3 is 5.97 Å². The Labute approximate surface area is 140 Å². The largest absolute Gasteiger partial charge is 0.465 e. The number of nitrogens with one attached hydrogen (secondary N) is 1. The Kier molecular flexibility index (Phi) is 4.06. The van der Waals surface area contributed by atoms with Crippen LogP contribution in [0.25, 0.3) is 11.0 Å². The number of fused-ring (bicyclic) bond motifs is 1. The third-order valence-electron chi connectivity index (χ3n) is 3.23. The Morgan fingerprint density at radius 3 is 2.87 bits per heavy atom. The van der Waals surface area contributed by atoms with Crippen molar-refractivity contribution in [1.82, 2.24) is 4.98 Å². The van der Waals surface area contributed by atoms with Gasteiger partial charge in [-0.05, 0) is 13.0 Å². The highest BCUT2D eigenvalue weighted by Gasteiger charge is 2.20. The van der Waals surface area contributed by atoms with E-state index in [1.807, 2.05) is 6.07 Å². The molecule has 0 radical (unpaired) electrons. The molecule has 1 amide bonds. The van der Waals surface area contributed by atoms with Crippen LogP contribution in [0, 0.1) is 6.92 Å². The molecule has 3 aromatic rings. The molecule has 0 atom stereocenters. The number of para-hydroxylation sites is 1. The summed E-state index contributed by atoms with van der Waals surface area (Å²) in [6.07, 6.45) is 1.34. The number of carbonyl (C=O) groups excluding carboxylic acids is 2. The van der Waals surface area contributed by atoms with Crippen LogP contribution in [0.4, 0.5) is 5.13 Å². The Hall–Kier alpha value is -2.38. The summed E-state index contributed by atoms with van der Waals surface area (Å²) in [5.74, 6) is -0.807. The summed E-state index contributed by atoms with van der Waals surface area (Å²) in [6.45, 7) is 1.78. The summed E-state index contributed by atoms with van der Waals surface area (Å²) in [6, 6.07) is 5.31. The number of hydrogen-bond donors (Lipinski definition) is 1. The quantitative estimate of drug-likeness (QED) is 0.725. The summed E-state index contributed by atoms with van der Waals surface area (Å²) in [5.41, 5.74) is 1.15. The molecule has 0 aliphatic heterocycles. The van der Waals surface area contributed by atoms with Crippen LogP contribution >= 0.6 is 22.9 Å². The number of methoxy groups -OCH3 is 1. The van der Waals surface area contributed by atoms with Crippen molar-refractivity contribution in [3.05, 3.63) is 45.6 Å². The molecule has 0 bridgehead atoms. The van der Waals surface area contributed by atoms with Gasteiger partial charge in [0.25, 0.3) is 5.91 Å². The zero-order valence-corrected chi connectivity index (χ0v) is 13.7. The van der Waals surface area contributed by atoms with Crippen molar-refractivity contribution < 1.29 is 18.7 Å². The van der Waals surface area contributed by atoms with Gasteiger partial charge < -0.3 is 9.15 Å². The van der Waals surface area contributed by atoms with E-state index in [0.717, 1.165) is 16.7 Å². The minimum absolute atomic E-state index is 0.155. The molecule has 0 spiro atoms. The van der Waals surface area contributed by atoms with Crippen LogP contribution in [0.15, 0.2) is 28.8 Å². The predicted molar refractivity (Wildman–Crippen MR) is 87.4 cm³/mol. The molecule has 1 aromatic carbocycles. The standard InChI is InChI=1S/C15H11ClN2O4S/c1-7-8-4-3-5-9(16)12(8)22-11(7)13(19)18-15-17-6-10(23-15)14(20)21-2/h3-6H,1-2H3,(H,17,18,19). The minimum Gasteiger partial charge on any atom is -0.465 e. The minimum atomic E-state index is -0.505. The monoisotopic (exact) mass is 350 g/mol. The fraction of sp³-hybridized carbons (Fsp3) is 0.133. The van der Waals surface area contributed by atoms with Gasteiger partial charge in [-0.2, -0.15) is 0 Å². The van der Waals surface area contributed by atoms with Gasteiger partial charge in [-0.15, -0.1) is 0 Å². The highest BCUT2D eigenvalue weighted by Crippen LogP contribution is 2.31. The Morgan fingerprint density at radius 1 is 1.39 bits per heavy atom. The molecule has 0 fully saturated rings. The van der Waals surface area contributed by atoms with Crippen molar-refractivity contribution in [1.29, 1.82) is 0 Å². The molecular weight excluding hydrogens is 340 g/mol. The molecule has 0 saturated heterocycles. The van der Waals surface area contributed by atoms with Gasteiger partial charge in [0.1, 0.15) is 4.88 Å². The third kappa shape index (κ3) is 2.80. The first-order chi connectivity index (χ1) is 11.0. The fourth-order valence-corrected chi connectivity index (χ4v) is 3.05. The predicted octanol–water partition coefficient (Wildman–Crippen LogP) is 3.89. The summed E-state index contributed by atoms with van der Waals surface area (Å²) >= 11 is 7.09. The maximum atomic E-state index is 12.4. The number of halogens is 1. The van der Waals surface area contributed by atoms with Crippen molar-refractivity contribution in [2.75, 3.05) is 12.4 Å². The molecular formula is C15H11ClN2O4S. The molecule has 0 aliphatic rings. The van der Waals surface area contributed by atoms with Gasteiger partial charge in [-0.25, -0.2) is 9.78 Å². The van der Waals surface area contributed by atoms with E-state index in [-0.39, 0.29) is 10.9 Å².